The maximum absolute atomic E-state index is 13.0. The van der Waals surface area contributed by atoms with Gasteiger partial charge in [-0.15, -0.1) is 0 Å². The molecule has 1 aliphatic heterocycles. The third kappa shape index (κ3) is 5.39. The van der Waals surface area contributed by atoms with Crippen LogP contribution < -0.4 is 10.6 Å². The zero-order chi connectivity index (χ0) is 19.9. The van der Waals surface area contributed by atoms with Crippen LogP contribution in [0.1, 0.15) is 44.7 Å². The molecule has 0 aliphatic carbocycles. The molecule has 148 valence electrons. The second-order valence-corrected chi connectivity index (χ2v) is 7.64. The van der Waals surface area contributed by atoms with Gasteiger partial charge in [-0.25, -0.2) is 0 Å². The largest absolute Gasteiger partial charge is 0.326 e. The molecule has 1 aromatic carbocycles. The average molecular weight is 380 g/mol. The Balaban J connectivity index is 1.67. The summed E-state index contributed by atoms with van der Waals surface area (Å²) in [5.41, 5.74) is 2.34. The zero-order valence-corrected chi connectivity index (χ0v) is 16.5. The molecule has 2 N–H and O–H groups in total. The summed E-state index contributed by atoms with van der Waals surface area (Å²) in [6, 6.07) is 10.7. The number of amides is 2. The Morgan fingerprint density at radius 2 is 1.68 bits per heavy atom. The van der Waals surface area contributed by atoms with E-state index >= 15 is 0 Å². The lowest BCUT2D eigenvalue weighted by molar-refractivity contribution is -0.121. The first-order valence-electron chi connectivity index (χ1n) is 9.87. The predicted molar refractivity (Wildman–Crippen MR) is 111 cm³/mol. The van der Waals surface area contributed by atoms with Gasteiger partial charge in [0.2, 0.25) is 11.8 Å². The normalized spacial score (nSPS) is 15.4. The number of hydrogen-bond acceptors (Lipinski definition) is 4. The summed E-state index contributed by atoms with van der Waals surface area (Å²) in [7, 11) is 0. The summed E-state index contributed by atoms with van der Waals surface area (Å²) in [4.78, 5) is 31.3. The molecule has 0 spiro atoms. The van der Waals surface area contributed by atoms with Crippen molar-refractivity contribution < 1.29 is 9.59 Å². The highest BCUT2D eigenvalue weighted by molar-refractivity contribution is 5.96. The number of hydrogen-bond donors (Lipinski definition) is 2. The van der Waals surface area contributed by atoms with Crippen LogP contribution >= 0.6 is 0 Å². The molecule has 1 saturated heterocycles. The minimum Gasteiger partial charge on any atom is -0.326 e. The molecule has 3 rings (SSSR count). The minimum absolute atomic E-state index is 0.00235. The molecular formula is C22H28N4O2. The standard InChI is InChI=1S/C22H28N4O2/c1-16(2)14-20(27)24-18-7-9-19(10-8-18)25-22(28)21(26-12-3-4-13-26)17-6-5-11-23-15-17/h5-11,15-16,21H,3-4,12-14H2,1-2H3,(H,24,27)(H,25,28). The first kappa shape index (κ1) is 20.0. The van der Waals surface area contributed by atoms with E-state index in [0.717, 1.165) is 37.2 Å². The Labute approximate surface area is 166 Å². The molecule has 1 fully saturated rings. The van der Waals surface area contributed by atoms with Crippen molar-refractivity contribution >= 4 is 23.2 Å². The number of aromatic nitrogens is 1. The highest BCUT2D eigenvalue weighted by Gasteiger charge is 2.29. The van der Waals surface area contributed by atoms with Crippen molar-refractivity contribution in [3.8, 4) is 0 Å². The highest BCUT2D eigenvalue weighted by Crippen LogP contribution is 2.26. The van der Waals surface area contributed by atoms with Crippen LogP contribution in [0.3, 0.4) is 0 Å². The molecule has 1 aromatic heterocycles. The Kier molecular flexibility index (Phi) is 6.76. The van der Waals surface area contributed by atoms with Gasteiger partial charge in [0.25, 0.3) is 0 Å². The van der Waals surface area contributed by atoms with E-state index in [1.165, 1.54) is 0 Å². The third-order valence-electron chi connectivity index (χ3n) is 4.78. The number of rotatable bonds is 7. The molecule has 1 unspecified atom stereocenters. The molecule has 0 bridgehead atoms. The molecule has 2 heterocycles. The third-order valence-corrected chi connectivity index (χ3v) is 4.78. The molecule has 28 heavy (non-hydrogen) atoms. The van der Waals surface area contributed by atoms with Gasteiger partial charge < -0.3 is 10.6 Å². The molecule has 1 aliphatic rings. The first-order chi connectivity index (χ1) is 13.5. The van der Waals surface area contributed by atoms with Crippen LogP contribution in [0.2, 0.25) is 0 Å². The quantitative estimate of drug-likeness (QED) is 0.765. The van der Waals surface area contributed by atoms with Gasteiger partial charge in [0.05, 0.1) is 0 Å². The van der Waals surface area contributed by atoms with Gasteiger partial charge in [-0.3, -0.25) is 19.5 Å². The lowest BCUT2D eigenvalue weighted by atomic mass is 10.1. The van der Waals surface area contributed by atoms with E-state index in [2.05, 4.69) is 20.5 Å². The smallest absolute Gasteiger partial charge is 0.246 e. The van der Waals surface area contributed by atoms with Crippen molar-refractivity contribution in [2.24, 2.45) is 5.92 Å². The summed E-state index contributed by atoms with van der Waals surface area (Å²) in [5, 5.41) is 5.89. The van der Waals surface area contributed by atoms with Crippen molar-refractivity contribution in [2.75, 3.05) is 23.7 Å². The summed E-state index contributed by atoms with van der Waals surface area (Å²) in [6.45, 7) is 5.84. The summed E-state index contributed by atoms with van der Waals surface area (Å²) < 4.78 is 0. The molecule has 6 heteroatoms. The van der Waals surface area contributed by atoms with Crippen LogP contribution in [0.15, 0.2) is 48.8 Å². The van der Waals surface area contributed by atoms with Gasteiger partial charge in [0.15, 0.2) is 0 Å². The molecule has 0 saturated carbocycles. The number of nitrogens with zero attached hydrogens (tertiary/aromatic N) is 2. The van der Waals surface area contributed by atoms with E-state index in [-0.39, 0.29) is 17.9 Å². The number of carbonyl (C=O) groups is 2. The van der Waals surface area contributed by atoms with E-state index in [1.807, 2.05) is 50.2 Å². The van der Waals surface area contributed by atoms with E-state index in [4.69, 9.17) is 0 Å². The lowest BCUT2D eigenvalue weighted by Gasteiger charge is -2.26. The van der Waals surface area contributed by atoms with E-state index in [9.17, 15) is 9.59 Å². The summed E-state index contributed by atoms with van der Waals surface area (Å²) in [5.74, 6) is 0.248. The van der Waals surface area contributed by atoms with Crippen molar-refractivity contribution in [2.45, 2.75) is 39.2 Å². The van der Waals surface area contributed by atoms with Gasteiger partial charge in [0, 0.05) is 30.2 Å². The van der Waals surface area contributed by atoms with Crippen molar-refractivity contribution in [3.63, 3.8) is 0 Å². The van der Waals surface area contributed by atoms with Crippen LogP contribution in [0.25, 0.3) is 0 Å². The number of carbonyl (C=O) groups excluding carboxylic acids is 2. The Bertz CT molecular complexity index is 784. The fourth-order valence-electron chi connectivity index (χ4n) is 3.50. The molecule has 1 atom stereocenters. The average Bonchev–Trinajstić information content (AvgIpc) is 3.18. The number of pyridine rings is 1. The predicted octanol–water partition coefficient (Wildman–Crippen LogP) is 3.84. The van der Waals surface area contributed by atoms with Crippen molar-refractivity contribution in [1.82, 2.24) is 9.88 Å². The van der Waals surface area contributed by atoms with Gasteiger partial charge >= 0.3 is 0 Å². The van der Waals surface area contributed by atoms with Crippen LogP contribution in [0, 0.1) is 5.92 Å². The van der Waals surface area contributed by atoms with Gasteiger partial charge in [-0.2, -0.15) is 0 Å². The van der Waals surface area contributed by atoms with Crippen LogP contribution in [0.4, 0.5) is 11.4 Å². The molecular weight excluding hydrogens is 352 g/mol. The zero-order valence-electron chi connectivity index (χ0n) is 16.5. The molecule has 2 aromatic rings. The fourth-order valence-corrected chi connectivity index (χ4v) is 3.50. The number of anilines is 2. The SMILES string of the molecule is CC(C)CC(=O)Nc1ccc(NC(=O)C(c2cccnc2)N2CCCC2)cc1. The number of likely N-dealkylation sites (tertiary alicyclic amines) is 1. The highest BCUT2D eigenvalue weighted by atomic mass is 16.2. The Hall–Kier alpha value is -2.73. The van der Waals surface area contributed by atoms with Crippen LogP contribution in [-0.4, -0.2) is 34.8 Å². The molecule has 2 amide bonds. The topological polar surface area (TPSA) is 74.3 Å². The van der Waals surface area contributed by atoms with Crippen molar-refractivity contribution in [1.29, 1.82) is 0 Å². The Morgan fingerprint density at radius 3 is 2.25 bits per heavy atom. The van der Waals surface area contributed by atoms with Crippen LogP contribution in [0.5, 0.6) is 0 Å². The van der Waals surface area contributed by atoms with Gasteiger partial charge in [0.1, 0.15) is 6.04 Å². The van der Waals surface area contributed by atoms with E-state index in [0.29, 0.717) is 18.0 Å². The Morgan fingerprint density at radius 1 is 1.04 bits per heavy atom. The number of nitrogens with one attached hydrogen (secondary N) is 2. The van der Waals surface area contributed by atoms with Crippen LogP contribution in [-0.2, 0) is 9.59 Å². The monoisotopic (exact) mass is 380 g/mol. The van der Waals surface area contributed by atoms with Gasteiger partial charge in [-0.05, 0) is 67.7 Å². The maximum atomic E-state index is 13.0. The number of benzene rings is 1. The summed E-state index contributed by atoms with van der Waals surface area (Å²) in [6.07, 6.45) is 6.18. The lowest BCUT2D eigenvalue weighted by Crippen LogP contribution is -2.35. The molecule has 6 nitrogen and oxygen atoms in total. The second kappa shape index (κ2) is 9.46. The summed E-state index contributed by atoms with van der Waals surface area (Å²) >= 11 is 0. The minimum atomic E-state index is -0.346. The fraction of sp³-hybridized carbons (Fsp3) is 0.409. The molecule has 0 radical (unpaired) electrons. The second-order valence-electron chi connectivity index (χ2n) is 7.64. The van der Waals surface area contributed by atoms with Gasteiger partial charge in [-0.1, -0.05) is 19.9 Å². The van der Waals surface area contributed by atoms with E-state index in [1.54, 1.807) is 12.4 Å². The first-order valence-corrected chi connectivity index (χ1v) is 9.87. The van der Waals surface area contributed by atoms with E-state index < -0.39 is 0 Å². The maximum Gasteiger partial charge on any atom is 0.246 e. The van der Waals surface area contributed by atoms with Crippen molar-refractivity contribution in [3.05, 3.63) is 54.4 Å².